The van der Waals surface area contributed by atoms with Crippen molar-refractivity contribution in [1.82, 2.24) is 0 Å². The lowest BCUT2D eigenvalue weighted by atomic mass is 10.1. The Morgan fingerprint density at radius 2 is 1.73 bits per heavy atom. The molecule has 0 aliphatic heterocycles. The molecule has 5 heteroatoms. The molecule has 2 unspecified atom stereocenters. The van der Waals surface area contributed by atoms with Crippen LogP contribution in [0.3, 0.4) is 0 Å². The van der Waals surface area contributed by atoms with Crippen molar-refractivity contribution in [2.24, 2.45) is 5.92 Å². The van der Waals surface area contributed by atoms with E-state index in [1.54, 1.807) is 0 Å². The van der Waals surface area contributed by atoms with Gasteiger partial charge < -0.3 is 15.8 Å². The zero-order chi connectivity index (χ0) is 21.7. The predicted octanol–water partition coefficient (Wildman–Crippen LogP) is 5.07. The van der Waals surface area contributed by atoms with E-state index in [4.69, 9.17) is 10.5 Å². The Kier molecular flexibility index (Phi) is 6.80. The molecule has 2 atom stereocenters. The van der Waals surface area contributed by atoms with Gasteiger partial charge in [0.05, 0.1) is 0 Å². The lowest BCUT2D eigenvalue weighted by molar-refractivity contribution is -0.155. The molecule has 2 aromatic carbocycles. The third-order valence-corrected chi connectivity index (χ3v) is 5.24. The van der Waals surface area contributed by atoms with E-state index in [2.05, 4.69) is 5.32 Å². The van der Waals surface area contributed by atoms with Gasteiger partial charge in [-0.1, -0.05) is 24.3 Å². The second kappa shape index (κ2) is 9.33. The van der Waals surface area contributed by atoms with Gasteiger partial charge in [0.2, 0.25) is 5.91 Å². The summed E-state index contributed by atoms with van der Waals surface area (Å²) in [6.45, 7) is 5.67. The van der Waals surface area contributed by atoms with Crippen molar-refractivity contribution in [2.45, 2.75) is 64.4 Å². The highest BCUT2D eigenvalue weighted by Crippen LogP contribution is 2.49. The molecule has 1 amide bonds. The summed E-state index contributed by atoms with van der Waals surface area (Å²) in [5, 5.41) is 2.96. The lowest BCUT2D eigenvalue weighted by Crippen LogP contribution is -2.24. The smallest absolute Gasteiger partial charge is 0.306 e. The largest absolute Gasteiger partial charge is 0.460 e. The van der Waals surface area contributed by atoms with Crippen LogP contribution in [0.15, 0.2) is 48.5 Å². The van der Waals surface area contributed by atoms with Gasteiger partial charge >= 0.3 is 5.97 Å². The number of ether oxygens (including phenoxy) is 1. The van der Waals surface area contributed by atoms with Crippen LogP contribution in [0.1, 0.15) is 63.5 Å². The van der Waals surface area contributed by atoms with Crippen molar-refractivity contribution in [3.05, 3.63) is 59.7 Å². The Morgan fingerprint density at radius 3 is 2.37 bits per heavy atom. The van der Waals surface area contributed by atoms with Crippen LogP contribution in [-0.2, 0) is 20.7 Å². The zero-order valence-electron chi connectivity index (χ0n) is 18.1. The topological polar surface area (TPSA) is 81.4 Å². The third-order valence-electron chi connectivity index (χ3n) is 5.24. The van der Waals surface area contributed by atoms with Crippen LogP contribution in [0.25, 0.3) is 0 Å². The van der Waals surface area contributed by atoms with Gasteiger partial charge in [0.15, 0.2) is 0 Å². The van der Waals surface area contributed by atoms with Crippen molar-refractivity contribution in [3.8, 4) is 0 Å². The highest BCUT2D eigenvalue weighted by Gasteiger charge is 2.40. The number of rotatable bonds is 8. The molecular weight excluding hydrogens is 376 g/mol. The van der Waals surface area contributed by atoms with Crippen molar-refractivity contribution >= 4 is 23.3 Å². The van der Waals surface area contributed by atoms with Crippen LogP contribution in [0, 0.1) is 5.92 Å². The second-order valence-corrected chi connectivity index (χ2v) is 9.16. The maximum absolute atomic E-state index is 12.2. The fourth-order valence-electron chi connectivity index (χ4n) is 3.65. The lowest BCUT2D eigenvalue weighted by Gasteiger charge is -2.19. The van der Waals surface area contributed by atoms with Gasteiger partial charge in [-0.3, -0.25) is 9.59 Å². The number of hydrogen-bond acceptors (Lipinski definition) is 4. The maximum Gasteiger partial charge on any atom is 0.306 e. The Bertz CT molecular complexity index is 867. The molecule has 5 nitrogen and oxygen atoms in total. The molecule has 3 N–H and O–H groups in total. The van der Waals surface area contributed by atoms with Gasteiger partial charge in [-0.05, 0) is 87.3 Å². The van der Waals surface area contributed by atoms with Gasteiger partial charge in [0.25, 0.3) is 0 Å². The van der Waals surface area contributed by atoms with E-state index in [9.17, 15) is 9.59 Å². The standard InChI is InChI=1S/C25H32N2O3/c1-25(2,3)30-24(29)16-19-15-22(19)18-9-13-21(14-10-18)27-23(28)6-4-5-17-7-11-20(26)12-8-17/h7-14,19,22H,4-6,15-16,26H2,1-3H3,(H,27,28). The average Bonchev–Trinajstić information content (AvgIpc) is 3.41. The summed E-state index contributed by atoms with van der Waals surface area (Å²) in [5.41, 5.74) is 9.21. The number of hydrogen-bond donors (Lipinski definition) is 2. The molecule has 3 rings (SSSR count). The van der Waals surface area contributed by atoms with Crippen LogP contribution in [0.5, 0.6) is 0 Å². The number of esters is 1. The Labute approximate surface area is 179 Å². The first-order chi connectivity index (χ1) is 14.2. The number of aryl methyl sites for hydroxylation is 1. The second-order valence-electron chi connectivity index (χ2n) is 9.16. The minimum atomic E-state index is -0.434. The zero-order valence-corrected chi connectivity index (χ0v) is 18.1. The number of carbonyl (C=O) groups excluding carboxylic acids is 2. The minimum Gasteiger partial charge on any atom is -0.460 e. The first kappa shape index (κ1) is 21.9. The van der Waals surface area contributed by atoms with E-state index in [-0.39, 0.29) is 11.9 Å². The van der Waals surface area contributed by atoms with Crippen molar-refractivity contribution < 1.29 is 14.3 Å². The number of nitrogen functional groups attached to an aromatic ring is 1. The van der Waals surface area contributed by atoms with Crippen LogP contribution in [0.4, 0.5) is 11.4 Å². The van der Waals surface area contributed by atoms with E-state index >= 15 is 0 Å². The summed E-state index contributed by atoms with van der Waals surface area (Å²) >= 11 is 0. The Morgan fingerprint density at radius 1 is 1.07 bits per heavy atom. The molecule has 160 valence electrons. The van der Waals surface area contributed by atoms with Crippen molar-refractivity contribution in [3.63, 3.8) is 0 Å². The molecule has 1 aliphatic carbocycles. The maximum atomic E-state index is 12.2. The highest BCUT2D eigenvalue weighted by molar-refractivity contribution is 5.90. The number of nitrogens with two attached hydrogens (primary N) is 1. The summed E-state index contributed by atoms with van der Waals surface area (Å²) in [4.78, 5) is 24.2. The SMILES string of the molecule is CC(C)(C)OC(=O)CC1CC1c1ccc(NC(=O)CCCc2ccc(N)cc2)cc1. The number of amides is 1. The molecule has 1 aliphatic rings. The molecule has 1 saturated carbocycles. The van der Waals surface area contributed by atoms with Gasteiger partial charge in [-0.25, -0.2) is 0 Å². The van der Waals surface area contributed by atoms with Crippen LogP contribution in [-0.4, -0.2) is 17.5 Å². The van der Waals surface area contributed by atoms with E-state index in [1.165, 1.54) is 11.1 Å². The van der Waals surface area contributed by atoms with Crippen LogP contribution < -0.4 is 11.1 Å². The molecule has 1 fully saturated rings. The predicted molar refractivity (Wildman–Crippen MR) is 120 cm³/mol. The molecule has 0 radical (unpaired) electrons. The molecule has 0 spiro atoms. The summed E-state index contributed by atoms with van der Waals surface area (Å²) in [6.07, 6.45) is 3.60. The van der Waals surface area contributed by atoms with E-state index in [0.29, 0.717) is 24.7 Å². The first-order valence-electron chi connectivity index (χ1n) is 10.7. The van der Waals surface area contributed by atoms with Gasteiger partial charge in [0, 0.05) is 24.2 Å². The van der Waals surface area contributed by atoms with E-state index < -0.39 is 5.60 Å². The van der Waals surface area contributed by atoms with Gasteiger partial charge in [0.1, 0.15) is 5.60 Å². The fourth-order valence-corrected chi connectivity index (χ4v) is 3.65. The molecule has 0 aromatic heterocycles. The summed E-state index contributed by atoms with van der Waals surface area (Å²) in [6, 6.07) is 15.7. The summed E-state index contributed by atoms with van der Waals surface area (Å²) in [7, 11) is 0. The van der Waals surface area contributed by atoms with Crippen LogP contribution >= 0.6 is 0 Å². The molecular formula is C25H32N2O3. The number of carbonyl (C=O) groups is 2. The summed E-state index contributed by atoms with van der Waals surface area (Å²) < 4.78 is 5.41. The van der Waals surface area contributed by atoms with E-state index in [1.807, 2.05) is 69.3 Å². The molecule has 0 bridgehead atoms. The number of nitrogens with one attached hydrogen (secondary N) is 1. The van der Waals surface area contributed by atoms with Crippen molar-refractivity contribution in [2.75, 3.05) is 11.1 Å². The van der Waals surface area contributed by atoms with Gasteiger partial charge in [-0.15, -0.1) is 0 Å². The normalized spacial score (nSPS) is 18.0. The summed E-state index contributed by atoms with van der Waals surface area (Å²) in [5.74, 6) is 0.654. The van der Waals surface area contributed by atoms with Gasteiger partial charge in [-0.2, -0.15) is 0 Å². The molecule has 30 heavy (non-hydrogen) atoms. The molecule has 0 heterocycles. The molecule has 0 saturated heterocycles. The quantitative estimate of drug-likeness (QED) is 0.472. The van der Waals surface area contributed by atoms with Crippen molar-refractivity contribution in [1.29, 1.82) is 0 Å². The average molecular weight is 409 g/mol. The molecule has 2 aromatic rings. The number of anilines is 2. The van der Waals surface area contributed by atoms with Crippen LogP contribution in [0.2, 0.25) is 0 Å². The third kappa shape index (κ3) is 6.90. The minimum absolute atomic E-state index is 0.0208. The number of benzene rings is 2. The fraction of sp³-hybridized carbons (Fsp3) is 0.440. The highest BCUT2D eigenvalue weighted by atomic mass is 16.6. The monoisotopic (exact) mass is 408 g/mol. The Balaban J connectivity index is 1.40. The Hall–Kier alpha value is -2.82. The van der Waals surface area contributed by atoms with E-state index in [0.717, 1.165) is 30.6 Å². The first-order valence-corrected chi connectivity index (χ1v) is 10.7.